The Balaban J connectivity index is 3.46. The molecule has 0 atom stereocenters. The predicted octanol–water partition coefficient (Wildman–Crippen LogP) is -0.316. The maximum atomic E-state index is 10.8. The van der Waals surface area contributed by atoms with Crippen molar-refractivity contribution in [1.29, 1.82) is 0 Å². The Bertz CT molecular complexity index is 93.1. The third-order valence-electron chi connectivity index (χ3n) is 1.23. The van der Waals surface area contributed by atoms with Gasteiger partial charge in [-0.05, 0) is 14.0 Å². The molecule has 0 aromatic carbocycles. The number of rotatable bonds is 3. The van der Waals surface area contributed by atoms with Gasteiger partial charge in [-0.25, -0.2) is 0 Å². The Hall–Kier alpha value is -0.570. The van der Waals surface area contributed by atoms with E-state index in [0.29, 0.717) is 6.54 Å². The van der Waals surface area contributed by atoms with E-state index in [0.717, 1.165) is 6.54 Å². The second kappa shape index (κ2) is 4.32. The number of nitrogens with one attached hydrogen (secondary N) is 1. The van der Waals surface area contributed by atoms with Crippen LogP contribution in [-0.2, 0) is 4.79 Å². The lowest BCUT2D eigenvalue weighted by Crippen LogP contribution is -2.33. The topological polar surface area (TPSA) is 32.3 Å². The van der Waals surface area contributed by atoms with Crippen LogP contribution < -0.4 is 5.32 Å². The summed E-state index contributed by atoms with van der Waals surface area (Å²) in [6.45, 7) is 3.17. The first-order chi connectivity index (χ1) is 4.22. The van der Waals surface area contributed by atoms with Crippen molar-refractivity contribution in [3.63, 3.8) is 0 Å². The molecule has 0 unspecified atom stereocenters. The first kappa shape index (κ1) is 8.43. The molecule has 0 spiro atoms. The van der Waals surface area contributed by atoms with Gasteiger partial charge in [0.15, 0.2) is 0 Å². The highest BCUT2D eigenvalue weighted by Gasteiger charge is 2.02. The standard InChI is InChI=1S/C6H14N2O/c1-4-8(3)6(9)5-7-2/h7H,4-5H2,1-3H3. The summed E-state index contributed by atoms with van der Waals surface area (Å²) in [6, 6.07) is 0. The van der Waals surface area contributed by atoms with Crippen LogP contribution in [0, 0.1) is 0 Å². The van der Waals surface area contributed by atoms with Crippen LogP contribution in [0.15, 0.2) is 0 Å². The molecule has 0 rings (SSSR count). The zero-order valence-electron chi connectivity index (χ0n) is 6.27. The Kier molecular flexibility index (Phi) is 4.05. The van der Waals surface area contributed by atoms with Gasteiger partial charge < -0.3 is 10.2 Å². The van der Waals surface area contributed by atoms with Crippen LogP contribution in [0.1, 0.15) is 6.92 Å². The van der Waals surface area contributed by atoms with Crippen molar-refractivity contribution in [2.75, 3.05) is 27.2 Å². The first-order valence-corrected chi connectivity index (χ1v) is 3.11. The molecule has 0 heterocycles. The van der Waals surface area contributed by atoms with E-state index in [1.54, 1.807) is 19.0 Å². The molecule has 0 aliphatic heterocycles. The van der Waals surface area contributed by atoms with Crippen LogP contribution in [0.3, 0.4) is 0 Å². The lowest BCUT2D eigenvalue weighted by molar-refractivity contribution is -0.128. The molecule has 0 aliphatic carbocycles. The van der Waals surface area contributed by atoms with E-state index in [9.17, 15) is 4.79 Å². The first-order valence-electron chi connectivity index (χ1n) is 3.11. The molecule has 0 aromatic heterocycles. The Morgan fingerprint density at radius 3 is 2.56 bits per heavy atom. The summed E-state index contributed by atoms with van der Waals surface area (Å²) in [6.07, 6.45) is 0. The molecule has 3 heteroatoms. The van der Waals surface area contributed by atoms with Gasteiger partial charge in [-0.3, -0.25) is 4.79 Å². The monoisotopic (exact) mass is 130 g/mol. The van der Waals surface area contributed by atoms with E-state index >= 15 is 0 Å². The lowest BCUT2D eigenvalue weighted by atomic mass is 10.5. The van der Waals surface area contributed by atoms with Crippen LogP contribution in [-0.4, -0.2) is 38.0 Å². The van der Waals surface area contributed by atoms with Gasteiger partial charge in [0.2, 0.25) is 5.91 Å². The van der Waals surface area contributed by atoms with E-state index in [1.807, 2.05) is 6.92 Å². The molecular weight excluding hydrogens is 116 g/mol. The molecule has 0 radical (unpaired) electrons. The second-order valence-corrected chi connectivity index (χ2v) is 1.94. The van der Waals surface area contributed by atoms with Gasteiger partial charge in [0, 0.05) is 13.6 Å². The number of amides is 1. The van der Waals surface area contributed by atoms with Crippen molar-refractivity contribution in [3.05, 3.63) is 0 Å². The minimum Gasteiger partial charge on any atom is -0.345 e. The summed E-state index contributed by atoms with van der Waals surface area (Å²) in [5.74, 6) is 0.139. The number of carbonyl (C=O) groups excluding carboxylic acids is 1. The largest absolute Gasteiger partial charge is 0.345 e. The molecule has 0 saturated carbocycles. The van der Waals surface area contributed by atoms with Gasteiger partial charge in [0.05, 0.1) is 6.54 Å². The second-order valence-electron chi connectivity index (χ2n) is 1.94. The number of carbonyl (C=O) groups is 1. The summed E-state index contributed by atoms with van der Waals surface area (Å²) in [5.41, 5.74) is 0. The number of nitrogens with zero attached hydrogens (tertiary/aromatic N) is 1. The molecule has 1 N–H and O–H groups in total. The molecule has 9 heavy (non-hydrogen) atoms. The molecule has 0 aromatic rings. The van der Waals surface area contributed by atoms with Crippen molar-refractivity contribution < 1.29 is 4.79 Å². The molecule has 0 aliphatic rings. The average Bonchev–Trinajstić information content (AvgIpc) is 1.87. The quantitative estimate of drug-likeness (QED) is 0.568. The fraction of sp³-hybridized carbons (Fsp3) is 0.833. The van der Waals surface area contributed by atoms with Crippen molar-refractivity contribution in [2.45, 2.75) is 6.92 Å². The summed E-state index contributed by atoms with van der Waals surface area (Å²) in [5, 5.41) is 2.79. The van der Waals surface area contributed by atoms with Crippen LogP contribution in [0.4, 0.5) is 0 Å². The summed E-state index contributed by atoms with van der Waals surface area (Å²) in [7, 11) is 3.56. The highest BCUT2D eigenvalue weighted by Crippen LogP contribution is 1.79. The van der Waals surface area contributed by atoms with E-state index in [-0.39, 0.29) is 5.91 Å². The molecule has 1 amide bonds. The molecule has 3 nitrogen and oxygen atoms in total. The van der Waals surface area contributed by atoms with Gasteiger partial charge in [-0.2, -0.15) is 0 Å². The Labute approximate surface area is 56.0 Å². The third kappa shape index (κ3) is 3.08. The third-order valence-corrected chi connectivity index (χ3v) is 1.23. The van der Waals surface area contributed by atoms with Crippen molar-refractivity contribution >= 4 is 5.91 Å². The molecule has 0 bridgehead atoms. The van der Waals surface area contributed by atoms with Crippen LogP contribution in [0.2, 0.25) is 0 Å². The van der Waals surface area contributed by atoms with Crippen molar-refractivity contribution in [2.24, 2.45) is 0 Å². The fourth-order valence-corrected chi connectivity index (χ4v) is 0.463. The minimum absolute atomic E-state index is 0.139. The molecule has 54 valence electrons. The molecule has 0 saturated heterocycles. The van der Waals surface area contributed by atoms with Crippen LogP contribution in [0.25, 0.3) is 0 Å². The molecular formula is C6H14N2O. The Morgan fingerprint density at radius 2 is 2.22 bits per heavy atom. The van der Waals surface area contributed by atoms with E-state index in [2.05, 4.69) is 5.32 Å². The maximum Gasteiger partial charge on any atom is 0.236 e. The highest BCUT2D eigenvalue weighted by atomic mass is 16.2. The summed E-state index contributed by atoms with van der Waals surface area (Å²) >= 11 is 0. The summed E-state index contributed by atoms with van der Waals surface area (Å²) < 4.78 is 0. The highest BCUT2D eigenvalue weighted by molar-refractivity contribution is 5.77. The van der Waals surface area contributed by atoms with Crippen molar-refractivity contribution in [3.8, 4) is 0 Å². The minimum atomic E-state index is 0.139. The Morgan fingerprint density at radius 1 is 1.67 bits per heavy atom. The predicted molar refractivity (Wildman–Crippen MR) is 37.2 cm³/mol. The smallest absolute Gasteiger partial charge is 0.236 e. The van der Waals surface area contributed by atoms with Crippen molar-refractivity contribution in [1.82, 2.24) is 10.2 Å². The lowest BCUT2D eigenvalue weighted by Gasteiger charge is -2.13. The zero-order valence-corrected chi connectivity index (χ0v) is 6.27. The normalized spacial score (nSPS) is 9.22. The zero-order chi connectivity index (χ0) is 7.28. The molecule has 0 fully saturated rings. The number of hydrogen-bond acceptors (Lipinski definition) is 2. The van der Waals surface area contributed by atoms with Crippen LogP contribution in [0.5, 0.6) is 0 Å². The fourth-order valence-electron chi connectivity index (χ4n) is 0.463. The average molecular weight is 130 g/mol. The van der Waals surface area contributed by atoms with E-state index < -0.39 is 0 Å². The van der Waals surface area contributed by atoms with Crippen LogP contribution >= 0.6 is 0 Å². The maximum absolute atomic E-state index is 10.8. The van der Waals surface area contributed by atoms with Gasteiger partial charge in [0.25, 0.3) is 0 Å². The summed E-state index contributed by atoms with van der Waals surface area (Å²) in [4.78, 5) is 12.5. The van der Waals surface area contributed by atoms with Gasteiger partial charge in [-0.1, -0.05) is 0 Å². The number of likely N-dealkylation sites (N-methyl/N-ethyl adjacent to an activating group) is 2. The van der Waals surface area contributed by atoms with Gasteiger partial charge >= 0.3 is 0 Å². The van der Waals surface area contributed by atoms with E-state index in [4.69, 9.17) is 0 Å². The van der Waals surface area contributed by atoms with E-state index in [1.165, 1.54) is 0 Å². The van der Waals surface area contributed by atoms with Gasteiger partial charge in [0.1, 0.15) is 0 Å². The van der Waals surface area contributed by atoms with Gasteiger partial charge in [-0.15, -0.1) is 0 Å². The SMILES string of the molecule is CCN(C)C(=O)CNC. The number of hydrogen-bond donors (Lipinski definition) is 1.